The Morgan fingerprint density at radius 2 is 2.33 bits per heavy atom. The number of aromatic amines is 1. The number of nitrogens with one attached hydrogen (secondary N) is 1. The summed E-state index contributed by atoms with van der Waals surface area (Å²) in [6.07, 6.45) is 8.52. The molecule has 0 spiro atoms. The number of nitrogens with zero attached hydrogens (tertiary/aromatic N) is 2. The lowest BCUT2D eigenvalue weighted by Gasteiger charge is -2.25. The maximum Gasteiger partial charge on any atom is 0.230 e. The van der Waals surface area contributed by atoms with Crippen molar-refractivity contribution < 1.29 is 9.53 Å². The first-order valence-electron chi connectivity index (χ1n) is 8.54. The zero-order valence-electron chi connectivity index (χ0n) is 13.8. The van der Waals surface area contributed by atoms with Crippen LogP contribution >= 0.6 is 0 Å². The molecule has 2 heterocycles. The highest BCUT2D eigenvalue weighted by Crippen LogP contribution is 2.38. The summed E-state index contributed by atoms with van der Waals surface area (Å²) in [4.78, 5) is 21.7. The van der Waals surface area contributed by atoms with Gasteiger partial charge in [0.05, 0.1) is 18.6 Å². The van der Waals surface area contributed by atoms with Crippen LogP contribution in [-0.2, 0) is 4.79 Å². The Hall–Kier alpha value is -2.56. The number of hydrogen-bond donors (Lipinski definition) is 1. The molecule has 1 saturated carbocycles. The summed E-state index contributed by atoms with van der Waals surface area (Å²) in [5.74, 6) is 1.34. The van der Waals surface area contributed by atoms with E-state index in [-0.39, 0.29) is 11.8 Å². The number of fused-ring (bicyclic) bond motifs is 1. The molecule has 0 bridgehead atoms. The molecule has 4 rings (SSSR count). The number of ether oxygens (including phenoxy) is 1. The SMILES string of the molecule is CCN(C(=O)C1CC1)c1ccc2c(c1)/C(=C/c1c[nH]cn1)CCO2. The number of amides is 1. The van der Waals surface area contributed by atoms with Crippen LogP contribution in [0.3, 0.4) is 0 Å². The van der Waals surface area contributed by atoms with E-state index in [1.807, 2.05) is 30.2 Å². The Morgan fingerprint density at radius 1 is 1.46 bits per heavy atom. The summed E-state index contributed by atoms with van der Waals surface area (Å²) in [7, 11) is 0. The molecule has 2 aliphatic rings. The number of aromatic nitrogens is 2. The van der Waals surface area contributed by atoms with E-state index in [1.54, 1.807) is 6.33 Å². The molecule has 0 saturated heterocycles. The molecular formula is C19H21N3O2. The van der Waals surface area contributed by atoms with Crippen molar-refractivity contribution in [3.63, 3.8) is 0 Å². The van der Waals surface area contributed by atoms with E-state index < -0.39 is 0 Å². The van der Waals surface area contributed by atoms with Gasteiger partial charge in [0.25, 0.3) is 0 Å². The molecule has 1 aliphatic carbocycles. The first-order valence-corrected chi connectivity index (χ1v) is 8.54. The van der Waals surface area contributed by atoms with Crippen molar-refractivity contribution in [3.05, 3.63) is 42.0 Å². The standard InChI is InChI=1S/C19H21N3O2/c1-2-22(19(23)13-3-4-13)16-5-6-18-17(10-16)14(7-8-24-18)9-15-11-20-12-21-15/h5-6,9-13H,2-4,7-8H2,1H3,(H,20,21)/b14-9+. The van der Waals surface area contributed by atoms with E-state index in [0.717, 1.165) is 42.0 Å². The fraction of sp³-hybridized carbons (Fsp3) is 0.368. The zero-order valence-corrected chi connectivity index (χ0v) is 13.8. The summed E-state index contributed by atoms with van der Waals surface area (Å²) in [6.45, 7) is 3.38. The van der Waals surface area contributed by atoms with Crippen LogP contribution in [0.2, 0.25) is 0 Å². The lowest BCUT2D eigenvalue weighted by atomic mass is 9.97. The Balaban J connectivity index is 1.71. The molecule has 1 aromatic heterocycles. The first-order chi connectivity index (χ1) is 11.8. The molecule has 1 aliphatic heterocycles. The van der Waals surface area contributed by atoms with Gasteiger partial charge in [-0.1, -0.05) is 0 Å². The number of hydrogen-bond acceptors (Lipinski definition) is 3. The van der Waals surface area contributed by atoms with E-state index >= 15 is 0 Å². The smallest absolute Gasteiger partial charge is 0.230 e. The second-order valence-corrected chi connectivity index (χ2v) is 6.30. The van der Waals surface area contributed by atoms with Gasteiger partial charge < -0.3 is 14.6 Å². The Bertz CT molecular complexity index is 776. The molecule has 0 unspecified atom stereocenters. The van der Waals surface area contributed by atoms with Gasteiger partial charge in [-0.25, -0.2) is 4.98 Å². The van der Waals surface area contributed by atoms with Crippen LogP contribution in [0.4, 0.5) is 5.69 Å². The molecule has 0 atom stereocenters. The highest BCUT2D eigenvalue weighted by molar-refractivity contribution is 5.97. The largest absolute Gasteiger partial charge is 0.493 e. The van der Waals surface area contributed by atoms with E-state index in [9.17, 15) is 4.79 Å². The van der Waals surface area contributed by atoms with Gasteiger partial charge in [-0.05, 0) is 49.6 Å². The minimum absolute atomic E-state index is 0.219. The predicted molar refractivity (Wildman–Crippen MR) is 93.8 cm³/mol. The van der Waals surface area contributed by atoms with Gasteiger partial charge in [-0.2, -0.15) is 0 Å². The van der Waals surface area contributed by atoms with Gasteiger partial charge >= 0.3 is 0 Å². The highest BCUT2D eigenvalue weighted by atomic mass is 16.5. The van der Waals surface area contributed by atoms with Crippen LogP contribution in [0.25, 0.3) is 11.6 Å². The Labute approximate surface area is 141 Å². The van der Waals surface area contributed by atoms with Gasteiger partial charge in [-0.3, -0.25) is 4.79 Å². The number of benzene rings is 1. The fourth-order valence-corrected chi connectivity index (χ4v) is 3.16. The molecule has 5 nitrogen and oxygen atoms in total. The molecular weight excluding hydrogens is 302 g/mol. The molecule has 24 heavy (non-hydrogen) atoms. The number of rotatable bonds is 4. The van der Waals surface area contributed by atoms with Crippen molar-refractivity contribution in [2.45, 2.75) is 26.2 Å². The minimum Gasteiger partial charge on any atom is -0.493 e. The van der Waals surface area contributed by atoms with Crippen LogP contribution in [0.1, 0.15) is 37.4 Å². The number of carbonyl (C=O) groups is 1. The Kier molecular flexibility index (Phi) is 3.84. The van der Waals surface area contributed by atoms with Crippen LogP contribution in [-0.4, -0.2) is 29.0 Å². The van der Waals surface area contributed by atoms with Gasteiger partial charge in [0.2, 0.25) is 5.91 Å². The van der Waals surface area contributed by atoms with Gasteiger partial charge in [0.1, 0.15) is 5.75 Å². The molecule has 0 radical (unpaired) electrons. The normalized spacial score (nSPS) is 18.1. The van der Waals surface area contributed by atoms with Crippen molar-refractivity contribution in [1.82, 2.24) is 9.97 Å². The fourth-order valence-electron chi connectivity index (χ4n) is 3.16. The third kappa shape index (κ3) is 2.82. The van der Waals surface area contributed by atoms with Gasteiger partial charge in [0, 0.05) is 36.3 Å². The average molecular weight is 323 g/mol. The zero-order chi connectivity index (χ0) is 16.5. The lowest BCUT2D eigenvalue weighted by Crippen LogP contribution is -2.32. The molecule has 1 N–H and O–H groups in total. The molecule has 1 aromatic carbocycles. The predicted octanol–water partition coefficient (Wildman–Crippen LogP) is 3.50. The van der Waals surface area contributed by atoms with Crippen molar-refractivity contribution in [3.8, 4) is 5.75 Å². The van der Waals surface area contributed by atoms with Crippen LogP contribution in [0.15, 0.2) is 30.7 Å². The van der Waals surface area contributed by atoms with E-state index in [1.165, 1.54) is 5.57 Å². The maximum absolute atomic E-state index is 12.5. The van der Waals surface area contributed by atoms with Crippen molar-refractivity contribution in [1.29, 1.82) is 0 Å². The lowest BCUT2D eigenvalue weighted by molar-refractivity contribution is -0.119. The average Bonchev–Trinajstić information content (AvgIpc) is 3.34. The van der Waals surface area contributed by atoms with Crippen molar-refractivity contribution in [2.75, 3.05) is 18.1 Å². The molecule has 5 heteroatoms. The van der Waals surface area contributed by atoms with Crippen LogP contribution in [0.5, 0.6) is 5.75 Å². The second kappa shape index (κ2) is 6.15. The topological polar surface area (TPSA) is 58.2 Å². The van der Waals surface area contributed by atoms with E-state index in [4.69, 9.17) is 4.74 Å². The molecule has 1 amide bonds. The first kappa shape index (κ1) is 15.0. The Morgan fingerprint density at radius 3 is 3.04 bits per heavy atom. The molecule has 124 valence electrons. The van der Waals surface area contributed by atoms with Crippen molar-refractivity contribution in [2.24, 2.45) is 5.92 Å². The number of carbonyl (C=O) groups excluding carboxylic acids is 1. The molecule has 1 fully saturated rings. The summed E-state index contributed by atoms with van der Waals surface area (Å²) in [5.41, 5.74) is 4.11. The van der Waals surface area contributed by atoms with Crippen LogP contribution in [0, 0.1) is 5.92 Å². The third-order valence-electron chi connectivity index (χ3n) is 4.60. The van der Waals surface area contributed by atoms with E-state index in [2.05, 4.69) is 22.1 Å². The quantitative estimate of drug-likeness (QED) is 0.937. The molecule has 2 aromatic rings. The minimum atomic E-state index is 0.219. The summed E-state index contributed by atoms with van der Waals surface area (Å²) >= 11 is 0. The summed E-state index contributed by atoms with van der Waals surface area (Å²) < 4.78 is 5.79. The van der Waals surface area contributed by atoms with Gasteiger partial charge in [0.15, 0.2) is 0 Å². The maximum atomic E-state index is 12.5. The number of imidazole rings is 1. The number of H-pyrrole nitrogens is 1. The third-order valence-corrected chi connectivity index (χ3v) is 4.60. The summed E-state index contributed by atoms with van der Waals surface area (Å²) in [6, 6.07) is 6.04. The number of anilines is 1. The van der Waals surface area contributed by atoms with Crippen molar-refractivity contribution >= 4 is 23.2 Å². The monoisotopic (exact) mass is 323 g/mol. The second-order valence-electron chi connectivity index (χ2n) is 6.30. The highest BCUT2D eigenvalue weighted by Gasteiger charge is 2.33. The van der Waals surface area contributed by atoms with Gasteiger partial charge in [-0.15, -0.1) is 0 Å². The summed E-state index contributed by atoms with van der Waals surface area (Å²) in [5, 5.41) is 0. The van der Waals surface area contributed by atoms with Crippen LogP contribution < -0.4 is 9.64 Å². The van der Waals surface area contributed by atoms with E-state index in [0.29, 0.717) is 13.2 Å².